The summed E-state index contributed by atoms with van der Waals surface area (Å²) in [6, 6.07) is 23.1. The number of hydrogen-bond donors (Lipinski definition) is 2. The van der Waals surface area contributed by atoms with Crippen molar-refractivity contribution in [3.05, 3.63) is 84.4 Å². The molecule has 1 heterocycles. The third kappa shape index (κ3) is 7.09. The Kier molecular flexibility index (Phi) is 8.81. The third-order valence-corrected chi connectivity index (χ3v) is 8.01. The van der Waals surface area contributed by atoms with Crippen LogP contribution in [0.25, 0.3) is 0 Å². The first kappa shape index (κ1) is 26.7. The topological polar surface area (TPSA) is 91.0 Å². The first-order chi connectivity index (χ1) is 17.9. The molecular weight excluding hydrogens is 488 g/mol. The summed E-state index contributed by atoms with van der Waals surface area (Å²) in [6.07, 6.45) is 0. The van der Waals surface area contributed by atoms with Crippen molar-refractivity contribution in [3.63, 3.8) is 0 Å². The van der Waals surface area contributed by atoms with E-state index in [1.807, 2.05) is 55.5 Å². The minimum absolute atomic E-state index is 0.141. The lowest BCUT2D eigenvalue weighted by molar-refractivity contribution is -0.118. The van der Waals surface area contributed by atoms with Crippen LogP contribution in [-0.2, 0) is 14.8 Å². The minimum atomic E-state index is -3.91. The van der Waals surface area contributed by atoms with E-state index in [1.54, 1.807) is 24.3 Å². The van der Waals surface area contributed by atoms with E-state index in [9.17, 15) is 13.2 Å². The van der Waals surface area contributed by atoms with E-state index in [0.717, 1.165) is 38.3 Å². The van der Waals surface area contributed by atoms with Gasteiger partial charge < -0.3 is 19.9 Å². The lowest BCUT2D eigenvalue weighted by atomic mass is 10.1. The molecule has 1 aliphatic rings. The number of piperazine rings is 1. The van der Waals surface area contributed by atoms with Gasteiger partial charge >= 0.3 is 0 Å². The Balaban J connectivity index is 1.56. The van der Waals surface area contributed by atoms with Crippen molar-refractivity contribution < 1.29 is 17.9 Å². The summed E-state index contributed by atoms with van der Waals surface area (Å²) in [5.41, 5.74) is 1.89. The monoisotopic (exact) mass is 522 g/mol. The number of nitrogens with one attached hydrogen (secondary N) is 2. The second kappa shape index (κ2) is 12.2. The number of amides is 1. The number of hydrogen-bond acceptors (Lipinski definition) is 6. The van der Waals surface area contributed by atoms with E-state index < -0.39 is 16.1 Å². The van der Waals surface area contributed by atoms with Crippen molar-refractivity contribution in [1.82, 2.24) is 9.62 Å². The number of para-hydroxylation sites is 1. The lowest BCUT2D eigenvalue weighted by Gasteiger charge is -2.36. The largest absolute Gasteiger partial charge is 0.484 e. The highest BCUT2D eigenvalue weighted by molar-refractivity contribution is 7.89. The van der Waals surface area contributed by atoms with Crippen LogP contribution in [0.5, 0.6) is 5.75 Å². The van der Waals surface area contributed by atoms with Crippen LogP contribution in [0.1, 0.15) is 25.5 Å². The summed E-state index contributed by atoms with van der Waals surface area (Å²) in [7, 11) is -3.91. The van der Waals surface area contributed by atoms with Crippen molar-refractivity contribution in [2.45, 2.75) is 24.8 Å². The van der Waals surface area contributed by atoms with Gasteiger partial charge in [-0.05, 0) is 49.4 Å². The molecule has 0 bridgehead atoms. The summed E-state index contributed by atoms with van der Waals surface area (Å²) in [5.74, 6) is 0.212. The number of rotatable bonds is 10. The van der Waals surface area contributed by atoms with Gasteiger partial charge in [0.1, 0.15) is 10.6 Å². The van der Waals surface area contributed by atoms with E-state index in [-0.39, 0.29) is 17.4 Å². The molecule has 1 atom stereocenters. The number of anilines is 2. The second-order valence-corrected chi connectivity index (χ2v) is 10.7. The van der Waals surface area contributed by atoms with Gasteiger partial charge in [0.05, 0.1) is 5.69 Å². The smallest absolute Gasteiger partial charge is 0.262 e. The Hall–Kier alpha value is -3.40. The standard InChI is InChI=1S/C28H34N4O4S/c1-3-31-16-18-32(19-17-31)26-15-14-24(29-28(33)21-36-25-12-8-5-9-13-25)20-27(26)37(34,35)30-22(2)23-10-6-4-7-11-23/h4-15,20,22,30H,3,16-19,21H2,1-2H3,(H,29,33)/t22-/m1/s1. The SMILES string of the molecule is CCN1CCN(c2ccc(NC(=O)COc3ccccc3)cc2S(=O)(=O)N[C@H](C)c2ccccc2)CC1. The van der Waals surface area contributed by atoms with Gasteiger partial charge in [0.25, 0.3) is 5.91 Å². The van der Waals surface area contributed by atoms with Gasteiger partial charge in [-0.2, -0.15) is 0 Å². The zero-order valence-corrected chi connectivity index (χ0v) is 22.1. The van der Waals surface area contributed by atoms with Gasteiger partial charge in [-0.1, -0.05) is 55.5 Å². The van der Waals surface area contributed by atoms with Crippen molar-refractivity contribution in [1.29, 1.82) is 0 Å². The van der Waals surface area contributed by atoms with E-state index in [2.05, 4.69) is 26.8 Å². The Morgan fingerprint density at radius 1 is 0.946 bits per heavy atom. The summed E-state index contributed by atoms with van der Waals surface area (Å²) in [5, 5.41) is 2.77. The molecule has 4 rings (SSSR count). The third-order valence-electron chi connectivity index (χ3n) is 6.44. The maximum absolute atomic E-state index is 13.7. The molecule has 0 saturated carbocycles. The van der Waals surface area contributed by atoms with Crippen LogP contribution in [0, 0.1) is 0 Å². The quantitative estimate of drug-likeness (QED) is 0.420. The average Bonchev–Trinajstić information content (AvgIpc) is 2.93. The van der Waals surface area contributed by atoms with E-state index in [4.69, 9.17) is 4.74 Å². The van der Waals surface area contributed by atoms with Crippen LogP contribution in [0.15, 0.2) is 83.8 Å². The van der Waals surface area contributed by atoms with Gasteiger partial charge in [-0.15, -0.1) is 0 Å². The molecule has 0 aliphatic carbocycles. The van der Waals surface area contributed by atoms with Crippen LogP contribution in [0.2, 0.25) is 0 Å². The molecule has 3 aromatic carbocycles. The number of sulfonamides is 1. The fourth-order valence-electron chi connectivity index (χ4n) is 4.34. The zero-order chi connectivity index (χ0) is 26.3. The molecule has 0 unspecified atom stereocenters. The van der Waals surface area contributed by atoms with Crippen molar-refractivity contribution >= 4 is 27.3 Å². The molecule has 0 aromatic heterocycles. The van der Waals surface area contributed by atoms with Crippen LogP contribution in [-0.4, -0.2) is 58.6 Å². The summed E-state index contributed by atoms with van der Waals surface area (Å²) < 4.78 is 35.7. The fourth-order valence-corrected chi connectivity index (χ4v) is 5.83. The molecular formula is C28H34N4O4S. The van der Waals surface area contributed by atoms with Crippen LogP contribution < -0.4 is 19.7 Å². The first-order valence-corrected chi connectivity index (χ1v) is 14.0. The second-order valence-electron chi connectivity index (χ2n) is 9.01. The van der Waals surface area contributed by atoms with Crippen LogP contribution in [0.3, 0.4) is 0 Å². The van der Waals surface area contributed by atoms with Gasteiger partial charge in [-0.3, -0.25) is 4.79 Å². The Morgan fingerprint density at radius 2 is 1.59 bits per heavy atom. The maximum Gasteiger partial charge on any atom is 0.262 e. The molecule has 196 valence electrons. The summed E-state index contributed by atoms with van der Waals surface area (Å²) in [4.78, 5) is 17.1. The molecule has 37 heavy (non-hydrogen) atoms. The Labute approximate surface area is 219 Å². The van der Waals surface area contributed by atoms with Gasteiger partial charge in [0.2, 0.25) is 10.0 Å². The predicted molar refractivity (Wildman–Crippen MR) is 147 cm³/mol. The van der Waals surface area contributed by atoms with Crippen molar-refractivity contribution in [2.75, 3.05) is 49.5 Å². The number of ether oxygens (including phenoxy) is 1. The number of nitrogens with zero attached hydrogens (tertiary/aromatic N) is 2. The number of benzene rings is 3. The van der Waals surface area contributed by atoms with Gasteiger partial charge in [0, 0.05) is 37.9 Å². The van der Waals surface area contributed by atoms with Crippen LogP contribution >= 0.6 is 0 Å². The zero-order valence-electron chi connectivity index (χ0n) is 21.3. The van der Waals surface area contributed by atoms with Gasteiger partial charge in [-0.25, -0.2) is 13.1 Å². The van der Waals surface area contributed by atoms with E-state index in [0.29, 0.717) is 17.1 Å². The lowest BCUT2D eigenvalue weighted by Crippen LogP contribution is -2.46. The van der Waals surface area contributed by atoms with E-state index in [1.165, 1.54) is 6.07 Å². The average molecular weight is 523 g/mol. The van der Waals surface area contributed by atoms with Crippen LogP contribution in [0.4, 0.5) is 11.4 Å². The molecule has 0 spiro atoms. The molecule has 2 N–H and O–H groups in total. The molecule has 1 aliphatic heterocycles. The highest BCUT2D eigenvalue weighted by Crippen LogP contribution is 2.30. The molecule has 0 radical (unpaired) electrons. The first-order valence-electron chi connectivity index (χ1n) is 12.5. The number of carbonyl (C=O) groups is 1. The number of likely N-dealkylation sites (N-methyl/N-ethyl adjacent to an activating group) is 1. The number of carbonyl (C=O) groups excluding carboxylic acids is 1. The molecule has 1 fully saturated rings. The van der Waals surface area contributed by atoms with Crippen molar-refractivity contribution in [3.8, 4) is 5.75 Å². The molecule has 1 amide bonds. The summed E-state index contributed by atoms with van der Waals surface area (Å²) in [6.45, 7) is 7.89. The highest BCUT2D eigenvalue weighted by Gasteiger charge is 2.27. The normalized spacial score (nSPS) is 15.2. The Bertz CT molecular complexity index is 1280. The highest BCUT2D eigenvalue weighted by atomic mass is 32.2. The molecule has 3 aromatic rings. The molecule has 1 saturated heterocycles. The molecule has 8 nitrogen and oxygen atoms in total. The van der Waals surface area contributed by atoms with E-state index >= 15 is 0 Å². The van der Waals surface area contributed by atoms with Gasteiger partial charge in [0.15, 0.2) is 6.61 Å². The summed E-state index contributed by atoms with van der Waals surface area (Å²) >= 11 is 0. The molecule has 9 heteroatoms. The maximum atomic E-state index is 13.7. The minimum Gasteiger partial charge on any atom is -0.484 e. The Morgan fingerprint density at radius 3 is 2.24 bits per heavy atom. The predicted octanol–water partition coefficient (Wildman–Crippen LogP) is 3.89. The fraction of sp³-hybridized carbons (Fsp3) is 0.321. The van der Waals surface area contributed by atoms with Crippen molar-refractivity contribution in [2.24, 2.45) is 0 Å².